The van der Waals surface area contributed by atoms with E-state index in [0.717, 1.165) is 31.7 Å². The molecule has 1 amide bonds. The molecule has 0 atom stereocenters. The van der Waals surface area contributed by atoms with Gasteiger partial charge in [0.1, 0.15) is 5.82 Å². The van der Waals surface area contributed by atoms with Crippen LogP contribution in [0.2, 0.25) is 0 Å². The van der Waals surface area contributed by atoms with Crippen LogP contribution in [0.3, 0.4) is 0 Å². The first-order chi connectivity index (χ1) is 12.4. The lowest BCUT2D eigenvalue weighted by molar-refractivity contribution is 0.0939. The summed E-state index contributed by atoms with van der Waals surface area (Å²) < 4.78 is 41.1. The minimum Gasteiger partial charge on any atom is -0.349 e. The number of amides is 1. The Balaban J connectivity index is 1.85. The number of anilines is 1. The average molecular weight is 376 g/mol. The van der Waals surface area contributed by atoms with Gasteiger partial charge >= 0.3 is 0 Å². The molecule has 0 saturated heterocycles. The van der Waals surface area contributed by atoms with Gasteiger partial charge in [0, 0.05) is 6.04 Å². The predicted octanol–water partition coefficient (Wildman–Crippen LogP) is 3.61. The Morgan fingerprint density at radius 2 is 1.81 bits per heavy atom. The standard InChI is InChI=1S/C19H21FN2O3S/c1-13-12-15(10-11-17(13)20)26(24,25)22-18-9-5-4-8-16(18)19(23)21-14-6-2-3-7-14/h4-5,8-12,14,22H,2-3,6-7H2,1H3,(H,21,23). The third kappa shape index (κ3) is 4.04. The molecule has 2 N–H and O–H groups in total. The number of hydrogen-bond acceptors (Lipinski definition) is 3. The van der Waals surface area contributed by atoms with Crippen molar-refractivity contribution in [3.63, 3.8) is 0 Å². The number of nitrogens with one attached hydrogen (secondary N) is 2. The number of benzene rings is 2. The second-order valence-electron chi connectivity index (χ2n) is 6.52. The number of sulfonamides is 1. The van der Waals surface area contributed by atoms with E-state index < -0.39 is 15.8 Å². The van der Waals surface area contributed by atoms with E-state index in [2.05, 4.69) is 10.0 Å². The monoisotopic (exact) mass is 376 g/mol. The molecule has 7 heteroatoms. The number of carbonyl (C=O) groups excluding carboxylic acids is 1. The van der Waals surface area contributed by atoms with Crippen molar-refractivity contribution in [2.75, 3.05) is 4.72 Å². The summed E-state index contributed by atoms with van der Waals surface area (Å²) in [5.41, 5.74) is 0.701. The fourth-order valence-corrected chi connectivity index (χ4v) is 4.26. The fraction of sp³-hybridized carbons (Fsp3) is 0.316. The molecule has 1 fully saturated rings. The zero-order chi connectivity index (χ0) is 18.7. The Morgan fingerprint density at radius 1 is 1.12 bits per heavy atom. The van der Waals surface area contributed by atoms with Crippen molar-refractivity contribution in [3.8, 4) is 0 Å². The van der Waals surface area contributed by atoms with Crippen molar-refractivity contribution in [2.45, 2.75) is 43.5 Å². The maximum atomic E-state index is 13.4. The molecule has 3 rings (SSSR count). The molecule has 1 aliphatic carbocycles. The highest BCUT2D eigenvalue weighted by atomic mass is 32.2. The molecule has 1 aliphatic rings. The SMILES string of the molecule is Cc1cc(S(=O)(=O)Nc2ccccc2C(=O)NC2CCCC2)ccc1F. The van der Waals surface area contributed by atoms with Gasteiger partial charge in [0.05, 0.1) is 16.1 Å². The van der Waals surface area contributed by atoms with Crippen molar-refractivity contribution in [1.29, 1.82) is 0 Å². The maximum absolute atomic E-state index is 13.4. The average Bonchev–Trinajstić information content (AvgIpc) is 3.10. The second-order valence-corrected chi connectivity index (χ2v) is 8.20. The molecule has 0 bridgehead atoms. The molecule has 2 aromatic rings. The fourth-order valence-electron chi connectivity index (χ4n) is 3.09. The van der Waals surface area contributed by atoms with Gasteiger partial charge in [-0.1, -0.05) is 25.0 Å². The van der Waals surface area contributed by atoms with E-state index in [4.69, 9.17) is 0 Å². The van der Waals surface area contributed by atoms with Gasteiger partial charge in [-0.25, -0.2) is 12.8 Å². The summed E-state index contributed by atoms with van der Waals surface area (Å²) in [6.07, 6.45) is 4.05. The Hall–Kier alpha value is -2.41. The van der Waals surface area contributed by atoms with Gasteiger partial charge in [-0.2, -0.15) is 0 Å². The van der Waals surface area contributed by atoms with Gasteiger partial charge in [0.15, 0.2) is 0 Å². The summed E-state index contributed by atoms with van der Waals surface area (Å²) in [5.74, 6) is -0.772. The van der Waals surface area contributed by atoms with Crippen LogP contribution in [-0.4, -0.2) is 20.4 Å². The number of halogens is 1. The minimum absolute atomic E-state index is 0.0533. The van der Waals surface area contributed by atoms with Crippen LogP contribution < -0.4 is 10.0 Å². The topological polar surface area (TPSA) is 75.3 Å². The highest BCUT2D eigenvalue weighted by Crippen LogP contribution is 2.23. The van der Waals surface area contributed by atoms with E-state index in [0.29, 0.717) is 0 Å². The number of hydrogen-bond donors (Lipinski definition) is 2. The van der Waals surface area contributed by atoms with Crippen molar-refractivity contribution in [3.05, 3.63) is 59.4 Å². The molecule has 0 spiro atoms. The van der Waals surface area contributed by atoms with Crippen molar-refractivity contribution >= 4 is 21.6 Å². The van der Waals surface area contributed by atoms with Gasteiger partial charge in [0.25, 0.3) is 15.9 Å². The lowest BCUT2D eigenvalue weighted by Crippen LogP contribution is -2.33. The van der Waals surface area contributed by atoms with Crippen LogP contribution in [0, 0.1) is 12.7 Å². The third-order valence-electron chi connectivity index (χ3n) is 4.55. The number of rotatable bonds is 5. The van der Waals surface area contributed by atoms with E-state index in [1.807, 2.05) is 0 Å². The predicted molar refractivity (Wildman–Crippen MR) is 98.1 cm³/mol. The van der Waals surface area contributed by atoms with E-state index >= 15 is 0 Å². The summed E-state index contributed by atoms with van der Waals surface area (Å²) in [4.78, 5) is 12.5. The van der Waals surface area contributed by atoms with Crippen LogP contribution in [-0.2, 0) is 10.0 Å². The summed E-state index contributed by atoms with van der Waals surface area (Å²) in [6.45, 7) is 1.50. The van der Waals surface area contributed by atoms with E-state index in [1.54, 1.807) is 18.2 Å². The molecule has 0 aromatic heterocycles. The third-order valence-corrected chi connectivity index (χ3v) is 5.91. The van der Waals surface area contributed by atoms with Gasteiger partial charge < -0.3 is 5.32 Å². The first-order valence-corrected chi connectivity index (χ1v) is 10.0. The van der Waals surface area contributed by atoms with Crippen molar-refractivity contribution in [1.82, 2.24) is 5.32 Å². The molecule has 1 saturated carbocycles. The van der Waals surface area contributed by atoms with Crippen LogP contribution in [0.4, 0.5) is 10.1 Å². The molecule has 0 aliphatic heterocycles. The molecule has 0 unspecified atom stereocenters. The van der Waals surface area contributed by atoms with Crippen LogP contribution in [0.5, 0.6) is 0 Å². The molecule has 2 aromatic carbocycles. The molecule has 0 radical (unpaired) electrons. The molecular weight excluding hydrogens is 355 g/mol. The first-order valence-electron chi connectivity index (χ1n) is 8.56. The summed E-state index contributed by atoms with van der Waals surface area (Å²) in [6, 6.07) is 10.2. The second kappa shape index (κ2) is 7.45. The van der Waals surface area contributed by atoms with Crippen LogP contribution in [0.25, 0.3) is 0 Å². The maximum Gasteiger partial charge on any atom is 0.261 e. The summed E-state index contributed by atoms with van der Waals surface area (Å²) in [7, 11) is -3.93. The quantitative estimate of drug-likeness (QED) is 0.837. The first kappa shape index (κ1) is 18.4. The molecule has 0 heterocycles. The lowest BCUT2D eigenvalue weighted by atomic mass is 10.1. The van der Waals surface area contributed by atoms with Gasteiger partial charge in [-0.3, -0.25) is 9.52 Å². The molecular formula is C19H21FN2O3S. The number of aryl methyl sites for hydroxylation is 1. The van der Waals surface area contributed by atoms with Gasteiger partial charge in [-0.15, -0.1) is 0 Å². The van der Waals surface area contributed by atoms with Crippen molar-refractivity contribution in [2.24, 2.45) is 0 Å². The van der Waals surface area contributed by atoms with E-state index in [1.165, 1.54) is 25.1 Å². The van der Waals surface area contributed by atoms with Crippen LogP contribution >= 0.6 is 0 Å². The Bertz CT molecular complexity index is 922. The normalized spacial score (nSPS) is 15.0. The van der Waals surface area contributed by atoms with Crippen LogP contribution in [0.1, 0.15) is 41.6 Å². The van der Waals surface area contributed by atoms with E-state index in [-0.39, 0.29) is 33.7 Å². The zero-order valence-corrected chi connectivity index (χ0v) is 15.3. The summed E-state index contributed by atoms with van der Waals surface area (Å²) in [5, 5.41) is 2.95. The zero-order valence-electron chi connectivity index (χ0n) is 14.5. The molecule has 138 valence electrons. The Kier molecular flexibility index (Phi) is 5.27. The Morgan fingerprint density at radius 3 is 2.50 bits per heavy atom. The molecule has 26 heavy (non-hydrogen) atoms. The highest BCUT2D eigenvalue weighted by molar-refractivity contribution is 7.92. The van der Waals surface area contributed by atoms with Crippen LogP contribution in [0.15, 0.2) is 47.4 Å². The van der Waals surface area contributed by atoms with Gasteiger partial charge in [0.2, 0.25) is 0 Å². The van der Waals surface area contributed by atoms with Gasteiger partial charge in [-0.05, 0) is 55.7 Å². The largest absolute Gasteiger partial charge is 0.349 e. The minimum atomic E-state index is -3.93. The number of carbonyl (C=O) groups is 1. The lowest BCUT2D eigenvalue weighted by Gasteiger charge is -2.16. The number of para-hydroxylation sites is 1. The molecule has 5 nitrogen and oxygen atoms in total. The smallest absolute Gasteiger partial charge is 0.261 e. The van der Waals surface area contributed by atoms with E-state index in [9.17, 15) is 17.6 Å². The summed E-state index contributed by atoms with van der Waals surface area (Å²) >= 11 is 0. The Labute approximate surface area is 152 Å². The van der Waals surface area contributed by atoms with Crippen molar-refractivity contribution < 1.29 is 17.6 Å². The highest BCUT2D eigenvalue weighted by Gasteiger charge is 2.22.